The highest BCUT2D eigenvalue weighted by atomic mass is 79.9. The maximum Gasteiger partial charge on any atom is 0.259 e. The minimum atomic E-state index is -0.678. The molecule has 0 aromatic heterocycles. The molecule has 122 valence electrons. The van der Waals surface area contributed by atoms with Crippen LogP contribution in [0.1, 0.15) is 11.7 Å². The van der Waals surface area contributed by atoms with Gasteiger partial charge in [0.05, 0.1) is 0 Å². The molecule has 1 aromatic carbocycles. The number of nitro groups is 1. The number of aliphatic hydroxyl groups excluding tert-OH is 1. The molecule has 7 nitrogen and oxygen atoms in total. The van der Waals surface area contributed by atoms with Crippen molar-refractivity contribution in [3.63, 3.8) is 0 Å². The van der Waals surface area contributed by atoms with Crippen LogP contribution in [0.15, 0.2) is 28.7 Å². The number of hydrogen-bond acceptors (Lipinski definition) is 5. The molecule has 3 N–H and O–H groups in total. The second-order valence-corrected chi connectivity index (χ2v) is 5.86. The molecule has 0 radical (unpaired) electrons. The van der Waals surface area contributed by atoms with E-state index in [0.29, 0.717) is 0 Å². The molecule has 0 aliphatic heterocycles. The minimum absolute atomic E-state index is 0.227. The minimum Gasteiger partial charge on any atom is -0.487 e. The number of halogens is 1. The van der Waals surface area contributed by atoms with Crippen molar-refractivity contribution in [3.05, 3.63) is 44.4 Å². The van der Waals surface area contributed by atoms with Crippen LogP contribution in [0.5, 0.6) is 0 Å². The maximum atomic E-state index is 10.7. The standard InChI is InChI=1S/C11H13BrN2O3S.CH3NOS/c1-13(2)11(18)17-10(7-14(15)16)8-3-5-9(12)6-4-8;2-1(3)4/h3-6,10H,7H2,1-2H3;(H3,2,3,4). The number of rotatable bonds is 4. The molecule has 0 amide bonds. The van der Waals surface area contributed by atoms with Crippen LogP contribution in [0, 0.1) is 10.1 Å². The quantitative estimate of drug-likeness (QED) is 0.443. The fourth-order valence-electron chi connectivity index (χ4n) is 1.25. The summed E-state index contributed by atoms with van der Waals surface area (Å²) in [6.07, 6.45) is -0.678. The molecule has 0 aliphatic rings. The highest BCUT2D eigenvalue weighted by molar-refractivity contribution is 9.10. The van der Waals surface area contributed by atoms with Crippen molar-refractivity contribution in [2.24, 2.45) is 5.73 Å². The molecule has 10 heteroatoms. The summed E-state index contributed by atoms with van der Waals surface area (Å²) in [6, 6.07) is 7.17. The lowest BCUT2D eigenvalue weighted by Crippen LogP contribution is -2.27. The molecule has 0 saturated carbocycles. The lowest BCUT2D eigenvalue weighted by molar-refractivity contribution is -0.490. The number of nitrogens with two attached hydrogens (primary N) is 1. The third-order valence-electron chi connectivity index (χ3n) is 2.16. The zero-order chi connectivity index (χ0) is 17.3. The van der Waals surface area contributed by atoms with E-state index in [4.69, 9.17) is 22.1 Å². The Morgan fingerprint density at radius 1 is 1.45 bits per heavy atom. The predicted molar refractivity (Wildman–Crippen MR) is 95.5 cm³/mol. The molecule has 0 heterocycles. The van der Waals surface area contributed by atoms with E-state index in [0.717, 1.165) is 10.0 Å². The van der Waals surface area contributed by atoms with E-state index in [1.165, 1.54) is 0 Å². The van der Waals surface area contributed by atoms with E-state index < -0.39 is 16.2 Å². The Morgan fingerprint density at radius 2 is 1.91 bits per heavy atom. The zero-order valence-corrected chi connectivity index (χ0v) is 15.2. The van der Waals surface area contributed by atoms with Gasteiger partial charge in [-0.05, 0) is 42.1 Å². The van der Waals surface area contributed by atoms with E-state index in [-0.39, 0.29) is 11.7 Å². The molecule has 0 aliphatic carbocycles. The fourth-order valence-corrected chi connectivity index (χ4v) is 1.63. The number of nitrogens with zero attached hydrogens (tertiary/aromatic N) is 2. The molecule has 1 aromatic rings. The first-order valence-corrected chi connectivity index (χ1v) is 7.48. The monoisotopic (exact) mass is 409 g/mol. The summed E-state index contributed by atoms with van der Waals surface area (Å²) in [6.45, 7) is -0.324. The Bertz CT molecular complexity index is 522. The van der Waals surface area contributed by atoms with Crippen molar-refractivity contribution in [1.82, 2.24) is 4.90 Å². The van der Waals surface area contributed by atoms with Crippen LogP contribution in [-0.4, -0.2) is 45.9 Å². The summed E-state index contributed by atoms with van der Waals surface area (Å²) in [4.78, 5) is 11.8. The summed E-state index contributed by atoms with van der Waals surface area (Å²) >= 11 is 12.2. The normalized spacial score (nSPS) is 10.7. The van der Waals surface area contributed by atoms with Gasteiger partial charge >= 0.3 is 0 Å². The SMILES string of the molecule is CN(C)C(=S)OC(C[N+](=O)[O-])c1ccc(Br)cc1.NC(O)=S. The van der Waals surface area contributed by atoms with Gasteiger partial charge in [-0.2, -0.15) is 0 Å². The van der Waals surface area contributed by atoms with E-state index in [2.05, 4.69) is 33.9 Å². The van der Waals surface area contributed by atoms with Crippen molar-refractivity contribution in [3.8, 4) is 0 Å². The summed E-state index contributed by atoms with van der Waals surface area (Å²) in [5, 5.41) is 18.0. The van der Waals surface area contributed by atoms with Crippen molar-refractivity contribution in [1.29, 1.82) is 0 Å². The van der Waals surface area contributed by atoms with Crippen LogP contribution in [0.25, 0.3) is 0 Å². The molecular formula is C12H16BrN3O4S2. The van der Waals surface area contributed by atoms with Gasteiger partial charge in [0.25, 0.3) is 10.3 Å². The van der Waals surface area contributed by atoms with Gasteiger partial charge in [-0.25, -0.2) is 0 Å². The number of thiocarbonyl (C=S) groups is 2. The number of benzene rings is 1. The van der Waals surface area contributed by atoms with Crippen LogP contribution >= 0.6 is 40.4 Å². The molecule has 1 rings (SSSR count). The maximum absolute atomic E-state index is 10.7. The number of ether oxygens (including phenoxy) is 1. The first kappa shape index (κ1) is 20.5. The topological polar surface area (TPSA) is 102 Å². The molecule has 0 spiro atoms. The van der Waals surface area contributed by atoms with E-state index in [9.17, 15) is 10.1 Å². The van der Waals surface area contributed by atoms with E-state index >= 15 is 0 Å². The Balaban J connectivity index is 0.000000980. The third kappa shape index (κ3) is 9.42. The lowest BCUT2D eigenvalue weighted by Gasteiger charge is -2.20. The number of hydrogen-bond donors (Lipinski definition) is 2. The first-order chi connectivity index (χ1) is 10.1. The van der Waals surface area contributed by atoms with Crippen LogP contribution in [0.2, 0.25) is 0 Å². The summed E-state index contributed by atoms with van der Waals surface area (Å²) in [5.41, 5.74) is 5.12. The largest absolute Gasteiger partial charge is 0.487 e. The van der Waals surface area contributed by atoms with Crippen LogP contribution in [-0.2, 0) is 4.74 Å². The molecule has 1 atom stereocenters. The Morgan fingerprint density at radius 3 is 2.27 bits per heavy atom. The smallest absolute Gasteiger partial charge is 0.259 e. The summed E-state index contributed by atoms with van der Waals surface area (Å²) < 4.78 is 6.35. The molecular weight excluding hydrogens is 394 g/mol. The van der Waals surface area contributed by atoms with Crippen molar-refractivity contribution in [2.75, 3.05) is 20.6 Å². The van der Waals surface area contributed by atoms with E-state index in [1.807, 2.05) is 12.1 Å². The molecule has 1 unspecified atom stereocenters. The average Bonchev–Trinajstić information content (AvgIpc) is 2.37. The van der Waals surface area contributed by atoms with E-state index in [1.54, 1.807) is 31.1 Å². The molecule has 22 heavy (non-hydrogen) atoms. The van der Waals surface area contributed by atoms with Crippen molar-refractivity contribution < 1.29 is 14.8 Å². The van der Waals surface area contributed by atoms with Crippen LogP contribution in [0.3, 0.4) is 0 Å². The highest BCUT2D eigenvalue weighted by Crippen LogP contribution is 2.21. The van der Waals surface area contributed by atoms with Gasteiger partial charge in [0.15, 0.2) is 6.10 Å². The third-order valence-corrected chi connectivity index (χ3v) is 3.15. The van der Waals surface area contributed by atoms with Gasteiger partial charge in [0.1, 0.15) is 0 Å². The first-order valence-electron chi connectivity index (χ1n) is 5.87. The Hall–Kier alpha value is -1.52. The predicted octanol–water partition coefficient (Wildman–Crippen LogP) is 2.42. The van der Waals surface area contributed by atoms with Gasteiger partial charge in [-0.3, -0.25) is 10.1 Å². The Kier molecular flexibility index (Phi) is 9.54. The number of aliphatic hydroxyl groups is 1. The second-order valence-electron chi connectivity index (χ2n) is 4.17. The molecule has 0 saturated heterocycles. The van der Waals surface area contributed by atoms with Gasteiger partial charge < -0.3 is 20.5 Å². The Labute approximate surface area is 147 Å². The molecule has 0 fully saturated rings. The van der Waals surface area contributed by atoms with Crippen molar-refractivity contribution in [2.45, 2.75) is 6.10 Å². The highest BCUT2D eigenvalue weighted by Gasteiger charge is 2.21. The lowest BCUT2D eigenvalue weighted by atomic mass is 10.1. The van der Waals surface area contributed by atoms with Crippen LogP contribution < -0.4 is 5.73 Å². The fraction of sp³-hybridized carbons (Fsp3) is 0.333. The molecule has 0 bridgehead atoms. The van der Waals surface area contributed by atoms with Gasteiger partial charge in [0, 0.05) is 23.5 Å². The second kappa shape index (κ2) is 10.2. The van der Waals surface area contributed by atoms with Gasteiger partial charge in [-0.1, -0.05) is 28.1 Å². The van der Waals surface area contributed by atoms with Crippen molar-refractivity contribution >= 4 is 50.7 Å². The summed E-state index contributed by atoms with van der Waals surface area (Å²) in [5.74, 6) is 0. The summed E-state index contributed by atoms with van der Waals surface area (Å²) in [7, 11) is 3.46. The van der Waals surface area contributed by atoms with Crippen LogP contribution in [0.4, 0.5) is 0 Å². The zero-order valence-electron chi connectivity index (χ0n) is 11.9. The average molecular weight is 410 g/mol. The van der Waals surface area contributed by atoms with Gasteiger partial charge in [0.2, 0.25) is 6.54 Å². The van der Waals surface area contributed by atoms with Gasteiger partial charge in [-0.15, -0.1) is 0 Å².